The number of nitrogens with zero attached hydrogens (tertiary/aromatic N) is 1. The Kier molecular flexibility index (Phi) is 3.85. The Morgan fingerprint density at radius 1 is 1.44 bits per heavy atom. The highest BCUT2D eigenvalue weighted by Crippen LogP contribution is 2.36. The van der Waals surface area contributed by atoms with E-state index in [1.54, 1.807) is 0 Å². The quantitative estimate of drug-likeness (QED) is 0.899. The molecule has 0 saturated heterocycles. The molecule has 3 nitrogen and oxygen atoms in total. The van der Waals surface area contributed by atoms with Crippen molar-refractivity contribution in [2.45, 2.75) is 52.2 Å². The Bertz CT molecular complexity index is 410. The summed E-state index contributed by atoms with van der Waals surface area (Å²) in [4.78, 5) is 4.00. The first kappa shape index (κ1) is 13.3. The standard InChI is InChI=1S/C14H21FN2O/c1-14(2)5-3-12(4-6-14)18-13-10(8-16)7-11(15)9-17-13/h7,9,12H,3-6,8,16H2,1-2H3. The summed E-state index contributed by atoms with van der Waals surface area (Å²) in [5, 5.41) is 0. The molecule has 0 bridgehead atoms. The average Bonchev–Trinajstić information content (AvgIpc) is 2.34. The summed E-state index contributed by atoms with van der Waals surface area (Å²) in [6.45, 7) is 4.81. The van der Waals surface area contributed by atoms with Gasteiger partial charge in [0, 0.05) is 12.1 Å². The van der Waals surface area contributed by atoms with E-state index in [4.69, 9.17) is 10.5 Å². The highest BCUT2D eigenvalue weighted by atomic mass is 19.1. The maximum Gasteiger partial charge on any atom is 0.218 e. The molecule has 0 aliphatic heterocycles. The second-order valence-electron chi connectivity index (χ2n) is 5.80. The highest BCUT2D eigenvalue weighted by Gasteiger charge is 2.28. The first-order chi connectivity index (χ1) is 8.50. The van der Waals surface area contributed by atoms with E-state index in [-0.39, 0.29) is 18.5 Å². The summed E-state index contributed by atoms with van der Waals surface area (Å²) in [5.41, 5.74) is 6.63. The van der Waals surface area contributed by atoms with Gasteiger partial charge in [-0.25, -0.2) is 9.37 Å². The summed E-state index contributed by atoms with van der Waals surface area (Å²) in [6.07, 6.45) is 5.71. The third-order valence-corrected chi connectivity index (χ3v) is 3.68. The first-order valence-electron chi connectivity index (χ1n) is 6.51. The second kappa shape index (κ2) is 5.22. The van der Waals surface area contributed by atoms with Gasteiger partial charge in [0.2, 0.25) is 5.88 Å². The Balaban J connectivity index is 2.02. The summed E-state index contributed by atoms with van der Waals surface area (Å²) < 4.78 is 18.9. The third kappa shape index (κ3) is 3.19. The molecule has 1 aliphatic carbocycles. The van der Waals surface area contributed by atoms with Gasteiger partial charge in [0.15, 0.2) is 0 Å². The number of aromatic nitrogens is 1. The monoisotopic (exact) mass is 252 g/mol. The zero-order chi connectivity index (χ0) is 13.2. The molecule has 1 aromatic heterocycles. The lowest BCUT2D eigenvalue weighted by Gasteiger charge is -2.34. The number of halogens is 1. The van der Waals surface area contributed by atoms with Crippen molar-refractivity contribution in [2.24, 2.45) is 11.1 Å². The van der Waals surface area contributed by atoms with Gasteiger partial charge in [0.25, 0.3) is 0 Å². The van der Waals surface area contributed by atoms with Crippen molar-refractivity contribution in [3.05, 3.63) is 23.6 Å². The van der Waals surface area contributed by atoms with Crippen molar-refractivity contribution in [3.63, 3.8) is 0 Å². The minimum atomic E-state index is -0.368. The zero-order valence-electron chi connectivity index (χ0n) is 11.1. The normalized spacial score (nSPS) is 19.8. The molecular formula is C14H21FN2O. The van der Waals surface area contributed by atoms with Gasteiger partial charge >= 0.3 is 0 Å². The molecule has 1 heterocycles. The molecule has 0 radical (unpaired) electrons. The van der Waals surface area contributed by atoms with Gasteiger partial charge in [-0.2, -0.15) is 0 Å². The Hall–Kier alpha value is -1.16. The molecule has 0 unspecified atom stereocenters. The minimum Gasteiger partial charge on any atom is -0.474 e. The number of ether oxygens (including phenoxy) is 1. The largest absolute Gasteiger partial charge is 0.474 e. The fourth-order valence-electron chi connectivity index (χ4n) is 2.37. The first-order valence-corrected chi connectivity index (χ1v) is 6.51. The van der Waals surface area contributed by atoms with Gasteiger partial charge in [-0.05, 0) is 37.2 Å². The van der Waals surface area contributed by atoms with Crippen molar-refractivity contribution in [1.29, 1.82) is 0 Å². The number of hydrogen-bond donors (Lipinski definition) is 1. The summed E-state index contributed by atoms with van der Waals surface area (Å²) >= 11 is 0. The number of hydrogen-bond acceptors (Lipinski definition) is 3. The smallest absolute Gasteiger partial charge is 0.218 e. The van der Waals surface area contributed by atoms with Gasteiger partial charge in [-0.1, -0.05) is 13.8 Å². The van der Waals surface area contributed by atoms with Gasteiger partial charge in [0.05, 0.1) is 6.20 Å². The molecule has 1 aliphatic rings. The molecule has 1 fully saturated rings. The topological polar surface area (TPSA) is 48.1 Å². The van der Waals surface area contributed by atoms with E-state index in [1.165, 1.54) is 12.3 Å². The third-order valence-electron chi connectivity index (χ3n) is 3.68. The van der Waals surface area contributed by atoms with Crippen LogP contribution in [0.1, 0.15) is 45.1 Å². The van der Waals surface area contributed by atoms with E-state index in [9.17, 15) is 4.39 Å². The van der Waals surface area contributed by atoms with Crippen molar-refractivity contribution in [2.75, 3.05) is 0 Å². The van der Waals surface area contributed by atoms with E-state index in [0.29, 0.717) is 16.9 Å². The lowest BCUT2D eigenvalue weighted by Crippen LogP contribution is -2.29. The van der Waals surface area contributed by atoms with E-state index in [0.717, 1.165) is 25.7 Å². The van der Waals surface area contributed by atoms with Crippen LogP contribution in [0.3, 0.4) is 0 Å². The van der Waals surface area contributed by atoms with Crippen LogP contribution in [-0.4, -0.2) is 11.1 Å². The van der Waals surface area contributed by atoms with Crippen LogP contribution < -0.4 is 10.5 Å². The van der Waals surface area contributed by atoms with Gasteiger partial charge < -0.3 is 10.5 Å². The van der Waals surface area contributed by atoms with Crippen molar-refractivity contribution in [3.8, 4) is 5.88 Å². The summed E-state index contributed by atoms with van der Waals surface area (Å²) in [5.74, 6) is 0.121. The van der Waals surface area contributed by atoms with E-state index >= 15 is 0 Å². The number of pyridine rings is 1. The Morgan fingerprint density at radius 3 is 2.72 bits per heavy atom. The Morgan fingerprint density at radius 2 is 2.11 bits per heavy atom. The molecule has 1 aromatic rings. The fraction of sp³-hybridized carbons (Fsp3) is 0.643. The Labute approximate surface area is 108 Å². The maximum absolute atomic E-state index is 13.0. The zero-order valence-corrected chi connectivity index (χ0v) is 11.1. The van der Waals surface area contributed by atoms with Crippen LogP contribution in [0.25, 0.3) is 0 Å². The summed E-state index contributed by atoms with van der Waals surface area (Å²) in [6, 6.07) is 1.40. The average molecular weight is 252 g/mol. The van der Waals surface area contributed by atoms with E-state index in [2.05, 4.69) is 18.8 Å². The van der Waals surface area contributed by atoms with Crippen LogP contribution in [0.2, 0.25) is 0 Å². The van der Waals surface area contributed by atoms with Crippen LogP contribution in [0.5, 0.6) is 5.88 Å². The molecule has 0 atom stereocenters. The fourth-order valence-corrected chi connectivity index (χ4v) is 2.37. The molecule has 1 saturated carbocycles. The molecule has 2 rings (SSSR count). The van der Waals surface area contributed by atoms with Crippen molar-refractivity contribution in [1.82, 2.24) is 4.98 Å². The molecule has 2 N–H and O–H groups in total. The highest BCUT2D eigenvalue weighted by molar-refractivity contribution is 5.26. The number of nitrogens with two attached hydrogens (primary N) is 1. The van der Waals surface area contributed by atoms with E-state index < -0.39 is 0 Å². The number of rotatable bonds is 3. The summed E-state index contributed by atoms with van der Waals surface area (Å²) in [7, 11) is 0. The van der Waals surface area contributed by atoms with Gasteiger partial charge in [-0.15, -0.1) is 0 Å². The van der Waals surface area contributed by atoms with Crippen molar-refractivity contribution >= 4 is 0 Å². The lowest BCUT2D eigenvalue weighted by atomic mass is 9.76. The molecule has 0 spiro atoms. The van der Waals surface area contributed by atoms with Crippen LogP contribution >= 0.6 is 0 Å². The SMILES string of the molecule is CC1(C)CCC(Oc2ncc(F)cc2CN)CC1. The van der Waals surface area contributed by atoms with Gasteiger partial charge in [-0.3, -0.25) is 0 Å². The van der Waals surface area contributed by atoms with Gasteiger partial charge in [0.1, 0.15) is 11.9 Å². The maximum atomic E-state index is 13.0. The van der Waals surface area contributed by atoms with Crippen LogP contribution in [0, 0.1) is 11.2 Å². The molecular weight excluding hydrogens is 231 g/mol. The molecule has 0 aromatic carbocycles. The minimum absolute atomic E-state index is 0.182. The lowest BCUT2D eigenvalue weighted by molar-refractivity contribution is 0.0938. The predicted molar refractivity (Wildman–Crippen MR) is 68.8 cm³/mol. The van der Waals surface area contributed by atoms with E-state index in [1.807, 2.05) is 0 Å². The van der Waals surface area contributed by atoms with Crippen LogP contribution in [0.4, 0.5) is 4.39 Å². The second-order valence-corrected chi connectivity index (χ2v) is 5.80. The molecule has 0 amide bonds. The predicted octanol–water partition coefficient (Wildman–Crippen LogP) is 3.03. The molecule has 4 heteroatoms. The molecule has 100 valence electrons. The van der Waals surface area contributed by atoms with Crippen LogP contribution in [-0.2, 0) is 6.54 Å². The van der Waals surface area contributed by atoms with Crippen molar-refractivity contribution < 1.29 is 9.13 Å². The van der Waals surface area contributed by atoms with Crippen LogP contribution in [0.15, 0.2) is 12.3 Å². The molecule has 18 heavy (non-hydrogen) atoms.